The van der Waals surface area contributed by atoms with E-state index < -0.39 is 11.6 Å². The van der Waals surface area contributed by atoms with Gasteiger partial charge < -0.3 is 19.5 Å². The van der Waals surface area contributed by atoms with Crippen LogP contribution in [0.3, 0.4) is 0 Å². The van der Waals surface area contributed by atoms with Gasteiger partial charge in [0.15, 0.2) is 5.75 Å². The van der Waals surface area contributed by atoms with Crippen LogP contribution in [0.1, 0.15) is 11.1 Å². The van der Waals surface area contributed by atoms with Crippen LogP contribution in [0.5, 0.6) is 5.75 Å². The molecule has 0 aliphatic heterocycles. The molecule has 140 valence electrons. The normalized spacial score (nSPS) is 10.9. The summed E-state index contributed by atoms with van der Waals surface area (Å²) in [5, 5.41) is 19.0. The number of rotatable bonds is 5. The van der Waals surface area contributed by atoms with Gasteiger partial charge in [0.05, 0.1) is 18.3 Å². The van der Waals surface area contributed by atoms with Gasteiger partial charge in [-0.2, -0.15) is 0 Å². The van der Waals surface area contributed by atoms with Gasteiger partial charge in [-0.25, -0.2) is 4.79 Å². The highest BCUT2D eigenvalue weighted by Crippen LogP contribution is 2.25. The number of benzene rings is 2. The lowest BCUT2D eigenvalue weighted by Gasteiger charge is -2.13. The summed E-state index contributed by atoms with van der Waals surface area (Å²) in [6.45, 7) is 0.0312. The Labute approximate surface area is 167 Å². The molecule has 0 aliphatic rings. The fourth-order valence-electron chi connectivity index (χ4n) is 2.89. The molecule has 0 unspecified atom stereocenters. The number of aliphatic hydroxyl groups excluding tert-OH is 1. The standard InChI is InChI=1S/C19H15BrClNO5/c20-13-2-3-15(21)12(9-13)7-11-1-4-16-14(8-11)18(24)17(27-19(25)26)10-22(16)5-6-23/h1-4,8-10,23H,5-7H2,(H,25,26). The molecule has 0 fully saturated rings. The number of halogens is 2. The molecule has 1 aromatic heterocycles. The van der Waals surface area contributed by atoms with Crippen molar-refractivity contribution in [3.63, 3.8) is 0 Å². The summed E-state index contributed by atoms with van der Waals surface area (Å²) in [5.41, 5.74) is 1.78. The highest BCUT2D eigenvalue weighted by molar-refractivity contribution is 9.10. The van der Waals surface area contributed by atoms with Crippen molar-refractivity contribution in [2.45, 2.75) is 13.0 Å². The molecule has 0 spiro atoms. The van der Waals surface area contributed by atoms with Gasteiger partial charge in [0.25, 0.3) is 0 Å². The monoisotopic (exact) mass is 451 g/mol. The molecule has 3 rings (SSSR count). The molecule has 2 aromatic carbocycles. The van der Waals surface area contributed by atoms with Crippen LogP contribution in [0, 0.1) is 0 Å². The van der Waals surface area contributed by atoms with Crippen molar-refractivity contribution >= 4 is 44.6 Å². The average Bonchev–Trinajstić information content (AvgIpc) is 2.62. The van der Waals surface area contributed by atoms with Crippen LogP contribution in [0.2, 0.25) is 5.02 Å². The van der Waals surface area contributed by atoms with Crippen LogP contribution >= 0.6 is 27.5 Å². The number of hydrogen-bond donors (Lipinski definition) is 2. The van der Waals surface area contributed by atoms with Crippen LogP contribution < -0.4 is 10.2 Å². The van der Waals surface area contributed by atoms with Crippen LogP contribution in [-0.4, -0.2) is 27.5 Å². The number of ether oxygens (including phenoxy) is 1. The number of pyridine rings is 1. The van der Waals surface area contributed by atoms with E-state index in [2.05, 4.69) is 20.7 Å². The Kier molecular flexibility index (Phi) is 5.84. The van der Waals surface area contributed by atoms with Gasteiger partial charge in [-0.3, -0.25) is 4.79 Å². The van der Waals surface area contributed by atoms with E-state index in [1.54, 1.807) is 22.8 Å². The Morgan fingerprint density at radius 2 is 2.00 bits per heavy atom. The lowest BCUT2D eigenvalue weighted by molar-refractivity contribution is 0.143. The second kappa shape index (κ2) is 8.12. The Hall–Kier alpha value is -2.35. The molecule has 0 amide bonds. The largest absolute Gasteiger partial charge is 0.511 e. The van der Waals surface area contributed by atoms with E-state index in [1.165, 1.54) is 6.20 Å². The first kappa shape index (κ1) is 19.4. The van der Waals surface area contributed by atoms with Gasteiger partial charge in [0, 0.05) is 21.4 Å². The number of hydrogen-bond acceptors (Lipinski definition) is 4. The van der Waals surface area contributed by atoms with Crippen molar-refractivity contribution in [1.29, 1.82) is 0 Å². The molecular formula is C19H15BrClNO5. The van der Waals surface area contributed by atoms with Crippen molar-refractivity contribution in [3.05, 3.63) is 73.4 Å². The smallest absolute Gasteiger partial charge is 0.449 e. The Morgan fingerprint density at radius 3 is 2.70 bits per heavy atom. The summed E-state index contributed by atoms with van der Waals surface area (Å²) in [7, 11) is 0. The van der Waals surface area contributed by atoms with Crippen molar-refractivity contribution in [2.24, 2.45) is 0 Å². The van der Waals surface area contributed by atoms with E-state index in [4.69, 9.17) is 16.7 Å². The third kappa shape index (κ3) is 4.32. The number of carboxylic acid groups (broad SMARTS) is 1. The summed E-state index contributed by atoms with van der Waals surface area (Å²) >= 11 is 9.66. The molecule has 8 heteroatoms. The van der Waals surface area contributed by atoms with Gasteiger partial charge in [-0.15, -0.1) is 0 Å². The number of aromatic nitrogens is 1. The van der Waals surface area contributed by atoms with Crippen LogP contribution in [0.4, 0.5) is 4.79 Å². The minimum absolute atomic E-state index is 0.167. The first-order valence-corrected chi connectivity index (χ1v) is 9.18. The number of carbonyl (C=O) groups is 1. The molecule has 0 aliphatic carbocycles. The lowest BCUT2D eigenvalue weighted by atomic mass is 10.0. The van der Waals surface area contributed by atoms with E-state index >= 15 is 0 Å². The van der Waals surface area contributed by atoms with Crippen molar-refractivity contribution < 1.29 is 19.7 Å². The highest BCUT2D eigenvalue weighted by atomic mass is 79.9. The number of aliphatic hydroxyl groups is 1. The molecule has 2 N–H and O–H groups in total. The molecule has 0 atom stereocenters. The highest BCUT2D eigenvalue weighted by Gasteiger charge is 2.14. The summed E-state index contributed by atoms with van der Waals surface area (Å²) in [5.74, 6) is -0.305. The summed E-state index contributed by atoms with van der Waals surface area (Å²) in [6.07, 6.45) is 0.219. The van der Waals surface area contributed by atoms with E-state index in [0.29, 0.717) is 22.3 Å². The molecular weight excluding hydrogens is 438 g/mol. The molecule has 27 heavy (non-hydrogen) atoms. The fraction of sp³-hybridized carbons (Fsp3) is 0.158. The average molecular weight is 453 g/mol. The van der Waals surface area contributed by atoms with Crippen molar-refractivity contribution in [1.82, 2.24) is 4.57 Å². The summed E-state index contributed by atoms with van der Waals surface area (Å²) in [4.78, 5) is 23.5. The zero-order chi connectivity index (χ0) is 19.6. The SMILES string of the molecule is O=C(O)Oc1cn(CCO)c2ccc(Cc3cc(Br)ccc3Cl)cc2c1=O. The third-order valence-electron chi connectivity index (χ3n) is 4.05. The molecule has 1 heterocycles. The van der Waals surface area contributed by atoms with E-state index in [-0.39, 0.29) is 18.9 Å². The Balaban J connectivity index is 2.12. The van der Waals surface area contributed by atoms with Gasteiger partial charge in [-0.1, -0.05) is 33.6 Å². The van der Waals surface area contributed by atoms with E-state index in [1.807, 2.05) is 18.2 Å². The quantitative estimate of drug-likeness (QED) is 0.570. The Bertz CT molecular complexity index is 1080. The Morgan fingerprint density at radius 1 is 1.22 bits per heavy atom. The molecule has 0 radical (unpaired) electrons. The molecule has 3 aromatic rings. The van der Waals surface area contributed by atoms with Crippen LogP contribution in [0.15, 0.2) is 51.9 Å². The third-order valence-corrected chi connectivity index (χ3v) is 4.91. The first-order chi connectivity index (χ1) is 12.9. The van der Waals surface area contributed by atoms with Crippen LogP contribution in [0.25, 0.3) is 10.9 Å². The second-order valence-electron chi connectivity index (χ2n) is 5.87. The van der Waals surface area contributed by atoms with Gasteiger partial charge >= 0.3 is 6.16 Å². The fourth-order valence-corrected chi connectivity index (χ4v) is 3.48. The summed E-state index contributed by atoms with van der Waals surface area (Å²) < 4.78 is 7.09. The zero-order valence-electron chi connectivity index (χ0n) is 14.0. The topological polar surface area (TPSA) is 88.8 Å². The minimum atomic E-state index is -1.57. The molecule has 6 nitrogen and oxygen atoms in total. The van der Waals surface area contributed by atoms with E-state index in [0.717, 1.165) is 15.6 Å². The lowest BCUT2D eigenvalue weighted by Crippen LogP contribution is -2.17. The predicted molar refractivity (Wildman–Crippen MR) is 106 cm³/mol. The molecule has 0 saturated heterocycles. The number of nitrogens with zero attached hydrogens (tertiary/aromatic N) is 1. The van der Waals surface area contributed by atoms with E-state index in [9.17, 15) is 14.7 Å². The van der Waals surface area contributed by atoms with Gasteiger partial charge in [0.2, 0.25) is 5.43 Å². The maximum atomic E-state index is 12.6. The minimum Gasteiger partial charge on any atom is -0.449 e. The second-order valence-corrected chi connectivity index (χ2v) is 7.19. The van der Waals surface area contributed by atoms with Gasteiger partial charge in [0.1, 0.15) is 0 Å². The van der Waals surface area contributed by atoms with Gasteiger partial charge in [-0.05, 0) is 47.9 Å². The predicted octanol–water partition coefficient (Wildman–Crippen LogP) is 4.06. The van der Waals surface area contributed by atoms with Crippen molar-refractivity contribution in [3.8, 4) is 5.75 Å². The van der Waals surface area contributed by atoms with Crippen molar-refractivity contribution in [2.75, 3.05) is 6.61 Å². The maximum absolute atomic E-state index is 12.6. The summed E-state index contributed by atoms with van der Waals surface area (Å²) in [6, 6.07) is 10.9. The zero-order valence-corrected chi connectivity index (χ0v) is 16.3. The molecule has 0 saturated carbocycles. The van der Waals surface area contributed by atoms with Crippen LogP contribution in [-0.2, 0) is 13.0 Å². The number of fused-ring (bicyclic) bond motifs is 1. The maximum Gasteiger partial charge on any atom is 0.511 e. The first-order valence-electron chi connectivity index (χ1n) is 8.00. The molecule has 0 bridgehead atoms.